The highest BCUT2D eigenvalue weighted by molar-refractivity contribution is 6.32. The summed E-state index contributed by atoms with van der Waals surface area (Å²) in [4.78, 5) is 2.33. The number of nitrogens with one attached hydrogen (secondary N) is 1. The van der Waals surface area contributed by atoms with Crippen LogP contribution in [0.3, 0.4) is 0 Å². The van der Waals surface area contributed by atoms with E-state index >= 15 is 0 Å². The first-order valence-electron chi connectivity index (χ1n) is 7.99. The molecule has 1 heterocycles. The molecule has 3 nitrogen and oxygen atoms in total. The van der Waals surface area contributed by atoms with Gasteiger partial charge in [0.25, 0.3) is 0 Å². The molecule has 1 saturated carbocycles. The number of fused-ring (bicyclic) bond motifs is 1. The maximum absolute atomic E-state index is 14.2. The predicted octanol–water partition coefficient (Wildman–Crippen LogP) is 4.83. The molecule has 0 amide bonds. The third kappa shape index (κ3) is 4.21. The lowest BCUT2D eigenvalue weighted by Crippen LogP contribution is -2.67. The number of halogens is 4. The van der Waals surface area contributed by atoms with Crippen molar-refractivity contribution in [1.29, 1.82) is 0 Å². The van der Waals surface area contributed by atoms with Gasteiger partial charge in [-0.2, -0.15) is 0 Å². The molecule has 1 aromatic rings. The molecule has 1 saturated heterocycles. The first kappa shape index (κ1) is 21.6. The largest absolute Gasteiger partial charge is 0.492 e. The van der Waals surface area contributed by atoms with Gasteiger partial charge in [-0.05, 0) is 32.8 Å². The van der Waals surface area contributed by atoms with E-state index in [-0.39, 0.29) is 36.1 Å². The molecule has 138 valence electrons. The Morgan fingerprint density at radius 2 is 1.92 bits per heavy atom. The van der Waals surface area contributed by atoms with Crippen molar-refractivity contribution >= 4 is 42.1 Å². The van der Waals surface area contributed by atoms with E-state index in [2.05, 4.69) is 24.1 Å². The predicted molar refractivity (Wildman–Crippen MR) is 103 cm³/mol. The Hall–Kier alpha value is -0.420. The summed E-state index contributed by atoms with van der Waals surface area (Å²) < 4.78 is 19.3. The Bertz CT molecular complexity index is 548. The summed E-state index contributed by atoms with van der Waals surface area (Å²) in [5.41, 5.74) is 0.858. The molecule has 24 heavy (non-hydrogen) atoms. The summed E-state index contributed by atoms with van der Waals surface area (Å²) in [7, 11) is 1.44. The average molecular weight is 400 g/mol. The monoisotopic (exact) mass is 398 g/mol. The van der Waals surface area contributed by atoms with E-state index in [0.717, 1.165) is 18.7 Å². The van der Waals surface area contributed by atoms with Gasteiger partial charge in [0, 0.05) is 35.9 Å². The fourth-order valence-electron chi connectivity index (χ4n) is 3.93. The van der Waals surface area contributed by atoms with Crippen LogP contribution in [0.5, 0.6) is 5.75 Å². The van der Waals surface area contributed by atoms with Crippen molar-refractivity contribution < 1.29 is 9.13 Å². The van der Waals surface area contributed by atoms with Crippen molar-refractivity contribution in [3.63, 3.8) is 0 Å². The number of benzene rings is 1. The van der Waals surface area contributed by atoms with E-state index in [0.29, 0.717) is 17.1 Å². The van der Waals surface area contributed by atoms with Crippen LogP contribution < -0.4 is 15.0 Å². The zero-order chi connectivity index (χ0) is 15.9. The molecule has 1 N–H and O–H groups in total. The van der Waals surface area contributed by atoms with Crippen molar-refractivity contribution in [3.05, 3.63) is 23.0 Å². The number of hydrogen-bond donors (Lipinski definition) is 1. The van der Waals surface area contributed by atoms with Gasteiger partial charge in [-0.25, -0.2) is 4.39 Å². The van der Waals surface area contributed by atoms with Gasteiger partial charge < -0.3 is 15.0 Å². The molecule has 0 radical (unpaired) electrons. The van der Waals surface area contributed by atoms with Gasteiger partial charge in [0.15, 0.2) is 11.6 Å². The minimum atomic E-state index is -0.395. The number of piperazine rings is 1. The second-order valence-corrected chi connectivity index (χ2v) is 7.46. The van der Waals surface area contributed by atoms with Crippen molar-refractivity contribution in [2.45, 2.75) is 57.2 Å². The summed E-state index contributed by atoms with van der Waals surface area (Å²) in [6, 6.07) is 4.25. The zero-order valence-electron chi connectivity index (χ0n) is 14.3. The molecule has 7 heteroatoms. The lowest BCUT2D eigenvalue weighted by Gasteiger charge is -2.52. The third-order valence-electron chi connectivity index (χ3n) is 4.79. The Morgan fingerprint density at radius 1 is 1.25 bits per heavy atom. The van der Waals surface area contributed by atoms with Crippen LogP contribution in [-0.2, 0) is 0 Å². The van der Waals surface area contributed by atoms with Gasteiger partial charge in [0.1, 0.15) is 0 Å². The molecule has 2 fully saturated rings. The lowest BCUT2D eigenvalue weighted by molar-refractivity contribution is 0.199. The van der Waals surface area contributed by atoms with Crippen LogP contribution >= 0.6 is 36.4 Å². The quantitative estimate of drug-likeness (QED) is 0.771. The Balaban J connectivity index is 0.00000144. The smallest absolute Gasteiger partial charge is 0.173 e. The standard InChI is InChI=1S/C17H24ClFN2O.2ClH/c1-17(2)10-21(15-7-5-4-6-14(15)20-17)11-8-12(18)16(22-3)13(19)9-11;;/h8-9,14-15,20H,4-7,10H2,1-3H3;2*1H/t14-,15-;;/m0../s1. The van der Waals surface area contributed by atoms with E-state index in [1.54, 1.807) is 6.07 Å². The second kappa shape index (κ2) is 8.31. The fraction of sp³-hybridized carbons (Fsp3) is 0.647. The number of rotatable bonds is 2. The van der Waals surface area contributed by atoms with Crippen molar-refractivity contribution in [2.24, 2.45) is 0 Å². The maximum Gasteiger partial charge on any atom is 0.173 e. The van der Waals surface area contributed by atoms with Gasteiger partial charge in [0.05, 0.1) is 12.1 Å². The van der Waals surface area contributed by atoms with Crippen LogP contribution in [0.4, 0.5) is 10.1 Å². The second-order valence-electron chi connectivity index (χ2n) is 7.06. The molecule has 0 aromatic heterocycles. The molecule has 1 aliphatic heterocycles. The van der Waals surface area contributed by atoms with E-state index < -0.39 is 5.82 Å². The maximum atomic E-state index is 14.2. The van der Waals surface area contributed by atoms with Gasteiger partial charge in [-0.1, -0.05) is 24.4 Å². The fourth-order valence-corrected chi connectivity index (χ4v) is 4.21. The first-order chi connectivity index (χ1) is 10.4. The van der Waals surface area contributed by atoms with Crippen LogP contribution in [0.15, 0.2) is 12.1 Å². The molecule has 2 aliphatic rings. The highest BCUT2D eigenvalue weighted by Crippen LogP contribution is 2.38. The number of anilines is 1. The van der Waals surface area contributed by atoms with Crippen LogP contribution in [0.1, 0.15) is 39.5 Å². The van der Waals surface area contributed by atoms with Crippen molar-refractivity contribution in [2.75, 3.05) is 18.6 Å². The Kier molecular flexibility index (Phi) is 7.48. The molecule has 2 atom stereocenters. The molecular weight excluding hydrogens is 374 g/mol. The minimum absolute atomic E-state index is 0. The van der Waals surface area contributed by atoms with Crippen molar-refractivity contribution in [3.8, 4) is 5.75 Å². The van der Waals surface area contributed by atoms with E-state index in [1.165, 1.54) is 26.4 Å². The normalized spacial score (nSPS) is 25.1. The van der Waals surface area contributed by atoms with Crippen LogP contribution in [-0.4, -0.2) is 31.3 Å². The first-order valence-corrected chi connectivity index (χ1v) is 8.36. The summed E-state index contributed by atoms with van der Waals surface area (Å²) in [6.45, 7) is 5.24. The Morgan fingerprint density at radius 3 is 2.54 bits per heavy atom. The van der Waals surface area contributed by atoms with E-state index in [1.807, 2.05) is 6.07 Å². The highest BCUT2D eigenvalue weighted by Gasteiger charge is 2.40. The van der Waals surface area contributed by atoms with E-state index in [4.69, 9.17) is 16.3 Å². The van der Waals surface area contributed by atoms with Crippen LogP contribution in [0.2, 0.25) is 5.02 Å². The highest BCUT2D eigenvalue weighted by atomic mass is 35.5. The van der Waals surface area contributed by atoms with Crippen molar-refractivity contribution in [1.82, 2.24) is 5.32 Å². The summed E-state index contributed by atoms with van der Waals surface area (Å²) in [6.07, 6.45) is 4.80. The molecule has 0 unspecified atom stereocenters. The summed E-state index contributed by atoms with van der Waals surface area (Å²) in [5, 5.41) is 4.09. The molecule has 1 aliphatic carbocycles. The molecule has 0 bridgehead atoms. The third-order valence-corrected chi connectivity index (χ3v) is 5.07. The number of hydrogen-bond acceptors (Lipinski definition) is 3. The molecular formula is C17H26Cl3FN2O. The molecule has 0 spiro atoms. The topological polar surface area (TPSA) is 24.5 Å². The Labute approximate surface area is 161 Å². The lowest BCUT2D eigenvalue weighted by atomic mass is 9.83. The SMILES string of the molecule is COc1c(F)cc(N2CC(C)(C)N[C@H]3CCCC[C@@H]32)cc1Cl.Cl.Cl. The van der Waals surface area contributed by atoms with Gasteiger partial charge in [-0.15, -0.1) is 24.8 Å². The number of nitrogens with zero attached hydrogens (tertiary/aromatic N) is 1. The minimum Gasteiger partial charge on any atom is -0.492 e. The average Bonchev–Trinajstić information content (AvgIpc) is 2.45. The summed E-state index contributed by atoms with van der Waals surface area (Å²) >= 11 is 6.19. The van der Waals surface area contributed by atoms with Crippen LogP contribution in [0.25, 0.3) is 0 Å². The van der Waals surface area contributed by atoms with Gasteiger partial charge >= 0.3 is 0 Å². The molecule has 3 rings (SSSR count). The van der Waals surface area contributed by atoms with Gasteiger partial charge in [0.2, 0.25) is 0 Å². The molecule has 1 aromatic carbocycles. The van der Waals surface area contributed by atoms with Gasteiger partial charge in [-0.3, -0.25) is 0 Å². The van der Waals surface area contributed by atoms with E-state index in [9.17, 15) is 4.39 Å². The van der Waals surface area contributed by atoms with Crippen LogP contribution in [0, 0.1) is 5.82 Å². The summed E-state index contributed by atoms with van der Waals surface area (Å²) in [5.74, 6) is -0.270. The zero-order valence-corrected chi connectivity index (χ0v) is 16.7. The number of ether oxygens (including phenoxy) is 1. The number of methoxy groups -OCH3 is 1.